The molecule has 1 aromatic carbocycles. The maximum absolute atomic E-state index is 12.4. The summed E-state index contributed by atoms with van der Waals surface area (Å²) in [6.07, 6.45) is -3.97. The number of aliphatic imine (C=N–C) groups is 3. The Morgan fingerprint density at radius 3 is 2.78 bits per heavy atom. The zero-order chi connectivity index (χ0) is 21.9. The fourth-order valence-electron chi connectivity index (χ4n) is 3.53. The van der Waals surface area contributed by atoms with Crippen LogP contribution in [0.3, 0.4) is 0 Å². The second-order valence-electron chi connectivity index (χ2n) is 6.91. The zero-order valence-corrected chi connectivity index (χ0v) is 21.8. The molecule has 0 aliphatic carbocycles. The third-order valence-corrected chi connectivity index (χ3v) is 7.73. The van der Waals surface area contributed by atoms with Crippen LogP contribution >= 0.6 is 42.8 Å². The molecule has 4 aliphatic rings. The average molecular weight is 527 g/mol. The quantitative estimate of drug-likeness (QED) is 0.210. The molecule has 0 radical (unpaired) electrons. The minimum atomic E-state index is -3.61. The van der Waals surface area contributed by atoms with Gasteiger partial charge in [0.25, 0.3) is 13.1 Å². The summed E-state index contributed by atoms with van der Waals surface area (Å²) in [6, 6.07) is 5.97. The van der Waals surface area contributed by atoms with Gasteiger partial charge in [-0.15, -0.1) is 0 Å². The average Bonchev–Trinajstić information content (AvgIpc) is 3.20. The van der Waals surface area contributed by atoms with E-state index in [-0.39, 0.29) is 48.0 Å². The van der Waals surface area contributed by atoms with Crippen molar-refractivity contribution >= 4 is 65.6 Å². The van der Waals surface area contributed by atoms with E-state index in [2.05, 4.69) is 27.2 Å². The summed E-state index contributed by atoms with van der Waals surface area (Å²) in [6.45, 7) is -0.0813. The van der Waals surface area contributed by atoms with Gasteiger partial charge >= 0.3 is 29.6 Å². The number of nitrogens with two attached hydrogens (primary N) is 1. The number of halogens is 1. The van der Waals surface area contributed by atoms with Crippen LogP contribution in [0, 0.1) is 0 Å². The van der Waals surface area contributed by atoms with Gasteiger partial charge in [0.05, 0.1) is 12.2 Å². The van der Waals surface area contributed by atoms with E-state index < -0.39 is 43.6 Å². The van der Waals surface area contributed by atoms with Gasteiger partial charge in [-0.05, 0) is 24.3 Å². The number of guanidine groups is 1. The Bertz CT molecular complexity index is 1030. The number of ether oxygens (including phenoxy) is 1. The molecule has 0 spiro atoms. The van der Waals surface area contributed by atoms with Crippen molar-refractivity contribution in [1.29, 1.82) is 0 Å². The number of carbonyl (C=O) groups excluding carboxylic acids is 1. The number of thiol groups is 1. The molecule has 4 unspecified atom stereocenters. The number of amides is 1. The fraction of sp³-hybridized carbons (Fsp3) is 0.375. The van der Waals surface area contributed by atoms with E-state index in [1.807, 2.05) is 0 Å². The molecule has 1 aromatic rings. The molecule has 2 saturated heterocycles. The number of fused-ring (bicyclic) bond motifs is 2. The monoisotopic (exact) mass is 526 g/mol. The Labute approximate surface area is 219 Å². The predicted molar refractivity (Wildman–Crippen MR) is 116 cm³/mol. The molecule has 11 nitrogen and oxygen atoms in total. The molecule has 32 heavy (non-hydrogen) atoms. The van der Waals surface area contributed by atoms with Crippen molar-refractivity contribution in [1.82, 2.24) is 4.90 Å². The van der Waals surface area contributed by atoms with E-state index in [1.165, 1.54) is 16.7 Å². The number of nitrogens with zero attached hydrogens (tertiary/aromatic N) is 4. The van der Waals surface area contributed by atoms with Gasteiger partial charge in [0.15, 0.2) is 29.4 Å². The van der Waals surface area contributed by atoms with E-state index in [0.29, 0.717) is 10.2 Å². The van der Waals surface area contributed by atoms with Crippen molar-refractivity contribution in [3.8, 4) is 0 Å². The molecular weight excluding hydrogens is 512 g/mol. The van der Waals surface area contributed by atoms with Crippen LogP contribution in [0.25, 0.3) is 0 Å². The topological polar surface area (TPSA) is 154 Å². The standard InChI is InChI=1S/C16H15ClN5O6PS2.Na/c17-6-1-3-7(4-2-6)31-16-19-9-12(20-15(18)21-13(9)24)22(16)14-10(23)11-8(27-14)5-26-29(25,30)28-11;/h1-4,8-11,14,23H,5H2,(H,25,30)(H2,18,21,24);/q;+1/t8?,9?,10?,11-,14+,29?;/m0./s1. The smallest absolute Gasteiger partial charge is 0.622 e. The van der Waals surface area contributed by atoms with E-state index >= 15 is 0 Å². The van der Waals surface area contributed by atoms with Crippen molar-refractivity contribution in [2.75, 3.05) is 6.61 Å². The number of hydrogen-bond donors (Lipinski definition) is 3. The van der Waals surface area contributed by atoms with Crippen molar-refractivity contribution in [3.63, 3.8) is 0 Å². The van der Waals surface area contributed by atoms with Gasteiger partial charge in [-0.25, -0.2) is 4.99 Å². The van der Waals surface area contributed by atoms with Crippen LogP contribution in [0.2, 0.25) is 5.02 Å². The number of rotatable bonds is 2. The number of aliphatic hydroxyl groups is 1. The number of hydrogen-bond acceptors (Lipinski definition) is 12. The maximum Gasteiger partial charge on any atom is 1.00 e. The zero-order valence-electron chi connectivity index (χ0n) is 16.4. The summed E-state index contributed by atoms with van der Waals surface area (Å²) >= 11 is 11.0. The summed E-state index contributed by atoms with van der Waals surface area (Å²) in [7, 11) is -3.61. The number of benzene rings is 1. The van der Waals surface area contributed by atoms with Crippen LogP contribution in [-0.4, -0.2) is 70.1 Å². The summed E-state index contributed by atoms with van der Waals surface area (Å²) in [5, 5.41) is 11.8. The van der Waals surface area contributed by atoms with Gasteiger partial charge in [-0.3, -0.25) is 9.69 Å². The van der Waals surface area contributed by atoms with Crippen LogP contribution < -0.4 is 40.2 Å². The van der Waals surface area contributed by atoms with E-state index in [0.717, 1.165) is 4.90 Å². The minimum absolute atomic E-state index is 0. The summed E-state index contributed by atoms with van der Waals surface area (Å²) < 4.78 is 16.4. The predicted octanol–water partition coefficient (Wildman–Crippen LogP) is -2.80. The SMILES string of the molecule is NC1=NC(=O)C2N=C(Sc3ccc(Cl)cc3)N([C@@H]3OC4CO[P+]([O-])(S)O[C@@H]4C3O)C2=N1.[Na+]. The minimum Gasteiger partial charge on any atom is -0.622 e. The second-order valence-corrected chi connectivity index (χ2v) is 11.3. The van der Waals surface area contributed by atoms with Gasteiger partial charge in [0.2, 0.25) is 5.96 Å². The fourth-order valence-corrected chi connectivity index (χ4v) is 6.08. The Hall–Kier alpha value is -0.280. The number of thioether (sulfide) groups is 1. The molecule has 5 rings (SSSR count). The van der Waals surface area contributed by atoms with Gasteiger partial charge < -0.3 is 20.5 Å². The first-order valence-corrected chi connectivity index (χ1v) is 12.9. The Balaban J connectivity index is 0.00000245. The largest absolute Gasteiger partial charge is 1.00 e. The number of carbonyl (C=O) groups is 1. The first kappa shape index (κ1) is 24.8. The number of amidine groups is 2. The van der Waals surface area contributed by atoms with E-state index in [9.17, 15) is 14.8 Å². The van der Waals surface area contributed by atoms with Crippen LogP contribution in [-0.2, 0) is 18.6 Å². The van der Waals surface area contributed by atoms with Gasteiger partial charge in [0, 0.05) is 9.92 Å². The molecular formula is C16H15ClN5NaO6PS2+. The molecule has 16 heteroatoms. The number of aliphatic hydroxyl groups excluding tert-OH is 1. The van der Waals surface area contributed by atoms with Gasteiger partial charge in [-0.2, -0.15) is 19.0 Å². The van der Waals surface area contributed by atoms with Crippen molar-refractivity contribution < 1.29 is 58.1 Å². The molecule has 0 aromatic heterocycles. The van der Waals surface area contributed by atoms with Crippen molar-refractivity contribution in [2.45, 2.75) is 35.5 Å². The molecule has 164 valence electrons. The normalized spacial score (nSPS) is 36.0. The second kappa shape index (κ2) is 9.40. The first-order chi connectivity index (χ1) is 14.7. The van der Waals surface area contributed by atoms with Crippen LogP contribution in [0.4, 0.5) is 0 Å². The summed E-state index contributed by atoms with van der Waals surface area (Å²) in [5.41, 5.74) is 5.69. The molecule has 1 amide bonds. The molecule has 3 N–H and O–H groups in total. The Morgan fingerprint density at radius 1 is 1.34 bits per heavy atom. The summed E-state index contributed by atoms with van der Waals surface area (Å²) in [4.78, 5) is 39.0. The van der Waals surface area contributed by atoms with Gasteiger partial charge in [0.1, 0.15) is 18.8 Å². The van der Waals surface area contributed by atoms with Gasteiger partial charge in [-0.1, -0.05) is 23.4 Å². The molecule has 6 atom stereocenters. The van der Waals surface area contributed by atoms with Crippen molar-refractivity contribution in [2.24, 2.45) is 20.7 Å². The Morgan fingerprint density at radius 2 is 2.06 bits per heavy atom. The van der Waals surface area contributed by atoms with E-state index in [1.54, 1.807) is 24.3 Å². The Kier molecular flexibility index (Phi) is 7.30. The molecule has 0 saturated carbocycles. The molecule has 4 aliphatic heterocycles. The van der Waals surface area contributed by atoms with Crippen molar-refractivity contribution in [3.05, 3.63) is 29.3 Å². The third kappa shape index (κ3) is 4.64. The van der Waals surface area contributed by atoms with E-state index in [4.69, 9.17) is 31.1 Å². The van der Waals surface area contributed by atoms with Crippen LogP contribution in [0.1, 0.15) is 0 Å². The maximum atomic E-state index is 12.4. The van der Waals surface area contributed by atoms with Crippen LogP contribution in [0.15, 0.2) is 44.1 Å². The molecule has 2 fully saturated rings. The summed E-state index contributed by atoms with van der Waals surface area (Å²) in [5.74, 6) is -0.631. The molecule has 0 bridgehead atoms. The first-order valence-electron chi connectivity index (χ1n) is 8.98. The molecule has 4 heterocycles. The third-order valence-electron chi connectivity index (χ3n) is 4.87. The van der Waals surface area contributed by atoms with Crippen LogP contribution in [0.5, 0.6) is 0 Å².